The van der Waals surface area contributed by atoms with Crippen LogP contribution in [0, 0.1) is 0 Å². The van der Waals surface area contributed by atoms with Crippen LogP contribution in [0.3, 0.4) is 0 Å². The number of carbonyl (C=O) groups is 2. The summed E-state index contributed by atoms with van der Waals surface area (Å²) in [6.45, 7) is 4.29. The molecule has 0 aromatic heterocycles. The van der Waals surface area contributed by atoms with Gasteiger partial charge in [0.15, 0.2) is 0 Å². The third kappa shape index (κ3) is 2.97. The molecule has 1 aliphatic rings. The monoisotopic (exact) mass is 290 g/mol. The summed E-state index contributed by atoms with van der Waals surface area (Å²) in [6, 6.07) is -0.303. The van der Waals surface area contributed by atoms with Gasteiger partial charge in [-0.1, -0.05) is 15.9 Å². The van der Waals surface area contributed by atoms with E-state index in [-0.39, 0.29) is 17.9 Å². The molecule has 1 rings (SSSR count). The van der Waals surface area contributed by atoms with Crippen LogP contribution in [-0.2, 0) is 9.59 Å². The summed E-state index contributed by atoms with van der Waals surface area (Å²) in [4.78, 5) is 25.5. The van der Waals surface area contributed by atoms with E-state index in [1.54, 1.807) is 11.9 Å². The molecule has 0 aliphatic carbocycles. The van der Waals surface area contributed by atoms with E-state index in [9.17, 15) is 9.59 Å². The van der Waals surface area contributed by atoms with Gasteiger partial charge in [-0.3, -0.25) is 9.59 Å². The zero-order valence-corrected chi connectivity index (χ0v) is 11.6. The molecule has 92 valence electrons. The van der Waals surface area contributed by atoms with E-state index in [1.165, 1.54) is 0 Å². The summed E-state index contributed by atoms with van der Waals surface area (Å²) in [5.41, 5.74) is 0. The number of halogens is 1. The van der Waals surface area contributed by atoms with Gasteiger partial charge in [-0.2, -0.15) is 0 Å². The highest BCUT2D eigenvalue weighted by Crippen LogP contribution is 2.25. The third-order valence-corrected chi connectivity index (χ3v) is 3.16. The average molecular weight is 291 g/mol. The van der Waals surface area contributed by atoms with Crippen molar-refractivity contribution in [3.05, 3.63) is 0 Å². The maximum absolute atomic E-state index is 12.1. The van der Waals surface area contributed by atoms with Crippen LogP contribution in [0.5, 0.6) is 0 Å². The standard InChI is InChI=1S/C11H19BrN2O2/c1-11(2,12)10(16)14-7-5-4-6-8(14)9(15)13-3/h8H,4-7H2,1-3H3,(H,13,15). The van der Waals surface area contributed by atoms with Crippen LogP contribution in [0.2, 0.25) is 0 Å². The Bertz CT molecular complexity index is 286. The Morgan fingerprint density at radius 2 is 2.00 bits per heavy atom. The molecule has 1 unspecified atom stereocenters. The molecule has 1 aliphatic heterocycles. The highest BCUT2D eigenvalue weighted by atomic mass is 79.9. The number of nitrogens with zero attached hydrogens (tertiary/aromatic N) is 1. The lowest BCUT2D eigenvalue weighted by Crippen LogP contribution is -2.55. The number of piperidine rings is 1. The van der Waals surface area contributed by atoms with Gasteiger partial charge in [0.1, 0.15) is 6.04 Å². The van der Waals surface area contributed by atoms with Crippen molar-refractivity contribution >= 4 is 27.7 Å². The Labute approximate surface area is 105 Å². The molecule has 0 radical (unpaired) electrons. The maximum Gasteiger partial charge on any atom is 0.242 e. The van der Waals surface area contributed by atoms with Crippen molar-refractivity contribution in [2.24, 2.45) is 0 Å². The molecule has 1 saturated heterocycles. The van der Waals surface area contributed by atoms with Crippen molar-refractivity contribution in [1.82, 2.24) is 10.2 Å². The van der Waals surface area contributed by atoms with Crippen molar-refractivity contribution in [1.29, 1.82) is 0 Å². The third-order valence-electron chi connectivity index (χ3n) is 2.82. The van der Waals surface area contributed by atoms with Crippen molar-refractivity contribution in [2.75, 3.05) is 13.6 Å². The van der Waals surface area contributed by atoms with Gasteiger partial charge in [-0.15, -0.1) is 0 Å². The molecule has 1 heterocycles. The van der Waals surface area contributed by atoms with E-state index in [0.29, 0.717) is 6.54 Å². The molecule has 4 nitrogen and oxygen atoms in total. The first-order valence-corrected chi connectivity index (χ1v) is 6.39. The van der Waals surface area contributed by atoms with E-state index in [4.69, 9.17) is 0 Å². The normalized spacial score (nSPS) is 21.8. The van der Waals surface area contributed by atoms with Crippen LogP contribution in [0.15, 0.2) is 0 Å². The summed E-state index contributed by atoms with van der Waals surface area (Å²) >= 11 is 3.36. The lowest BCUT2D eigenvalue weighted by Gasteiger charge is -2.37. The van der Waals surface area contributed by atoms with E-state index in [2.05, 4.69) is 21.2 Å². The fourth-order valence-corrected chi connectivity index (χ4v) is 2.18. The Morgan fingerprint density at radius 3 is 2.50 bits per heavy atom. The second-order valence-electron chi connectivity index (χ2n) is 4.60. The SMILES string of the molecule is CNC(=O)C1CCCCN1C(=O)C(C)(C)Br. The van der Waals surface area contributed by atoms with Crippen molar-refractivity contribution in [3.63, 3.8) is 0 Å². The molecule has 1 atom stereocenters. The number of hydrogen-bond donors (Lipinski definition) is 1. The zero-order valence-electron chi connectivity index (χ0n) is 10.0. The minimum absolute atomic E-state index is 0.0131. The molecule has 2 amide bonds. The first kappa shape index (κ1) is 13.5. The fourth-order valence-electron chi connectivity index (χ4n) is 1.96. The van der Waals surface area contributed by atoms with E-state index >= 15 is 0 Å². The first-order valence-electron chi connectivity index (χ1n) is 5.59. The van der Waals surface area contributed by atoms with E-state index in [0.717, 1.165) is 19.3 Å². The Kier molecular flexibility index (Phi) is 4.35. The number of likely N-dealkylation sites (tertiary alicyclic amines) is 1. The molecular formula is C11H19BrN2O2. The largest absolute Gasteiger partial charge is 0.357 e. The second kappa shape index (κ2) is 5.17. The van der Waals surface area contributed by atoms with E-state index in [1.807, 2.05) is 13.8 Å². The molecular weight excluding hydrogens is 272 g/mol. The molecule has 0 bridgehead atoms. The van der Waals surface area contributed by atoms with Crippen LogP contribution in [0.25, 0.3) is 0 Å². The molecule has 16 heavy (non-hydrogen) atoms. The van der Waals surface area contributed by atoms with Gasteiger partial charge in [-0.25, -0.2) is 0 Å². The maximum atomic E-state index is 12.1. The first-order chi connectivity index (χ1) is 7.38. The predicted octanol–water partition coefficient (Wildman–Crippen LogP) is 1.29. The van der Waals surface area contributed by atoms with Crippen LogP contribution >= 0.6 is 15.9 Å². The van der Waals surface area contributed by atoms with Gasteiger partial charge in [0.25, 0.3) is 0 Å². The Morgan fingerprint density at radius 1 is 1.38 bits per heavy atom. The number of amides is 2. The van der Waals surface area contributed by atoms with Crippen LogP contribution in [-0.4, -0.2) is 40.7 Å². The number of hydrogen-bond acceptors (Lipinski definition) is 2. The zero-order chi connectivity index (χ0) is 12.3. The average Bonchev–Trinajstić information content (AvgIpc) is 2.25. The molecule has 5 heteroatoms. The summed E-state index contributed by atoms with van der Waals surface area (Å²) in [7, 11) is 1.61. The molecule has 0 aromatic rings. The number of alkyl halides is 1. The fraction of sp³-hybridized carbons (Fsp3) is 0.818. The van der Waals surface area contributed by atoms with Crippen molar-refractivity contribution < 1.29 is 9.59 Å². The van der Waals surface area contributed by atoms with Crippen molar-refractivity contribution in [2.45, 2.75) is 43.5 Å². The summed E-state index contributed by atoms with van der Waals surface area (Å²) in [6.07, 6.45) is 2.74. The molecule has 1 fully saturated rings. The number of rotatable bonds is 2. The van der Waals surface area contributed by atoms with E-state index < -0.39 is 4.32 Å². The topological polar surface area (TPSA) is 49.4 Å². The lowest BCUT2D eigenvalue weighted by atomic mass is 9.99. The van der Waals surface area contributed by atoms with Gasteiger partial charge in [0.05, 0.1) is 4.32 Å². The summed E-state index contributed by atoms with van der Waals surface area (Å²) in [5, 5.41) is 2.62. The minimum atomic E-state index is -0.601. The van der Waals surface area contributed by atoms with Gasteiger partial charge in [0.2, 0.25) is 11.8 Å². The van der Waals surface area contributed by atoms with Crippen LogP contribution in [0.1, 0.15) is 33.1 Å². The molecule has 1 N–H and O–H groups in total. The Balaban J connectivity index is 2.82. The molecule has 0 aromatic carbocycles. The smallest absolute Gasteiger partial charge is 0.242 e. The Hall–Kier alpha value is -0.580. The lowest BCUT2D eigenvalue weighted by molar-refractivity contribution is -0.143. The quantitative estimate of drug-likeness (QED) is 0.779. The molecule has 0 saturated carbocycles. The summed E-state index contributed by atoms with van der Waals surface area (Å²) in [5.74, 6) is -0.0781. The number of nitrogens with one attached hydrogen (secondary N) is 1. The van der Waals surface area contributed by atoms with Gasteiger partial charge < -0.3 is 10.2 Å². The second-order valence-corrected chi connectivity index (χ2v) is 6.58. The van der Waals surface area contributed by atoms with Crippen LogP contribution in [0.4, 0.5) is 0 Å². The number of likely N-dealkylation sites (N-methyl/N-ethyl adjacent to an activating group) is 1. The van der Waals surface area contributed by atoms with Gasteiger partial charge >= 0.3 is 0 Å². The minimum Gasteiger partial charge on any atom is -0.357 e. The van der Waals surface area contributed by atoms with Gasteiger partial charge in [-0.05, 0) is 33.1 Å². The van der Waals surface area contributed by atoms with Crippen molar-refractivity contribution in [3.8, 4) is 0 Å². The highest BCUT2D eigenvalue weighted by molar-refractivity contribution is 9.10. The van der Waals surface area contributed by atoms with Gasteiger partial charge in [0, 0.05) is 13.6 Å². The predicted molar refractivity (Wildman–Crippen MR) is 66.4 cm³/mol. The summed E-state index contributed by atoms with van der Waals surface area (Å²) < 4.78 is -0.601. The number of carbonyl (C=O) groups excluding carboxylic acids is 2. The molecule has 0 spiro atoms. The van der Waals surface area contributed by atoms with Crippen LogP contribution < -0.4 is 5.32 Å². The highest BCUT2D eigenvalue weighted by Gasteiger charge is 2.37.